The number of esters is 1. The summed E-state index contributed by atoms with van der Waals surface area (Å²) >= 11 is 0. The fourth-order valence-electron chi connectivity index (χ4n) is 2.90. The molecular formula is C18H26N2O4. The lowest BCUT2D eigenvalue weighted by molar-refractivity contribution is -0.144. The van der Waals surface area contributed by atoms with Gasteiger partial charge in [0.2, 0.25) is 0 Å². The maximum absolute atomic E-state index is 12.1. The number of carbonyl (C=O) groups is 2. The highest BCUT2D eigenvalue weighted by Crippen LogP contribution is 2.19. The Bertz CT molecular complexity index is 515. The molecule has 2 rings (SSSR count). The number of hydrogen-bond acceptors (Lipinski definition) is 5. The monoisotopic (exact) mass is 334 g/mol. The van der Waals surface area contributed by atoms with Gasteiger partial charge in [-0.25, -0.2) is 4.79 Å². The van der Waals surface area contributed by atoms with Crippen molar-refractivity contribution in [1.29, 1.82) is 0 Å². The normalized spacial score (nSPS) is 16.2. The number of benzene rings is 1. The third kappa shape index (κ3) is 6.20. The summed E-state index contributed by atoms with van der Waals surface area (Å²) in [6, 6.07) is 9.25. The van der Waals surface area contributed by atoms with Gasteiger partial charge < -0.3 is 20.1 Å². The van der Waals surface area contributed by atoms with E-state index in [9.17, 15) is 9.59 Å². The van der Waals surface area contributed by atoms with Gasteiger partial charge in [0.25, 0.3) is 0 Å². The zero-order valence-electron chi connectivity index (χ0n) is 14.1. The van der Waals surface area contributed by atoms with Crippen LogP contribution in [0.15, 0.2) is 30.3 Å². The molecule has 1 fully saturated rings. The molecule has 0 aliphatic carbocycles. The summed E-state index contributed by atoms with van der Waals surface area (Å²) in [5, 5.41) is 6.14. The lowest BCUT2D eigenvalue weighted by atomic mass is 9.88. The third-order valence-corrected chi connectivity index (χ3v) is 4.16. The standard InChI is InChI=1S/C18H26N2O4/c1-2-23-17(21)12-16(15-8-10-19-11-9-15)20-18(22)24-13-14-6-4-3-5-7-14/h3-7,15-16,19H,2,8-13H2,1H3,(H,20,22). The zero-order valence-corrected chi connectivity index (χ0v) is 14.1. The van der Waals surface area contributed by atoms with Crippen molar-refractivity contribution < 1.29 is 19.1 Å². The van der Waals surface area contributed by atoms with Crippen LogP contribution in [0.1, 0.15) is 31.7 Å². The van der Waals surface area contributed by atoms with Crippen molar-refractivity contribution in [3.63, 3.8) is 0 Å². The molecule has 1 aromatic rings. The number of nitrogens with one attached hydrogen (secondary N) is 2. The first kappa shape index (κ1) is 18.3. The number of piperidine rings is 1. The van der Waals surface area contributed by atoms with Crippen LogP contribution in [0.25, 0.3) is 0 Å². The van der Waals surface area contributed by atoms with Crippen LogP contribution in [0, 0.1) is 5.92 Å². The average molecular weight is 334 g/mol. The molecule has 0 bridgehead atoms. The van der Waals surface area contributed by atoms with Gasteiger partial charge in [-0.2, -0.15) is 0 Å². The largest absolute Gasteiger partial charge is 0.466 e. The third-order valence-electron chi connectivity index (χ3n) is 4.16. The summed E-state index contributed by atoms with van der Waals surface area (Å²) in [4.78, 5) is 23.9. The van der Waals surface area contributed by atoms with E-state index in [4.69, 9.17) is 9.47 Å². The van der Waals surface area contributed by atoms with Crippen molar-refractivity contribution in [3.8, 4) is 0 Å². The molecule has 1 aliphatic rings. The van der Waals surface area contributed by atoms with Crippen LogP contribution in [0.3, 0.4) is 0 Å². The molecule has 132 valence electrons. The zero-order chi connectivity index (χ0) is 17.2. The maximum Gasteiger partial charge on any atom is 0.407 e. The first-order valence-corrected chi connectivity index (χ1v) is 8.52. The summed E-state index contributed by atoms with van der Waals surface area (Å²) in [7, 11) is 0. The molecule has 1 heterocycles. The second-order valence-electron chi connectivity index (χ2n) is 5.91. The molecule has 6 nitrogen and oxygen atoms in total. The number of alkyl carbamates (subject to hydrolysis) is 1. The van der Waals surface area contributed by atoms with Gasteiger partial charge in [0, 0.05) is 6.04 Å². The molecule has 6 heteroatoms. The Kier molecular flexibility index (Phi) is 7.55. The maximum atomic E-state index is 12.1. The van der Waals surface area contributed by atoms with Crippen LogP contribution in [-0.4, -0.2) is 37.8 Å². The second kappa shape index (κ2) is 9.93. The van der Waals surface area contributed by atoms with Crippen molar-refractivity contribution in [1.82, 2.24) is 10.6 Å². The van der Waals surface area contributed by atoms with Crippen molar-refractivity contribution >= 4 is 12.1 Å². The minimum atomic E-state index is -0.494. The van der Waals surface area contributed by atoms with Gasteiger partial charge in [0.05, 0.1) is 13.0 Å². The van der Waals surface area contributed by atoms with Crippen molar-refractivity contribution in [2.75, 3.05) is 19.7 Å². The molecule has 1 amide bonds. The predicted molar refractivity (Wildman–Crippen MR) is 90.4 cm³/mol. The van der Waals surface area contributed by atoms with E-state index in [-0.39, 0.29) is 31.0 Å². The van der Waals surface area contributed by atoms with Gasteiger partial charge >= 0.3 is 12.1 Å². The highest BCUT2D eigenvalue weighted by atomic mass is 16.5. The molecular weight excluding hydrogens is 308 g/mol. The topological polar surface area (TPSA) is 76.7 Å². The molecule has 1 saturated heterocycles. The van der Waals surface area contributed by atoms with Gasteiger partial charge in [-0.05, 0) is 44.3 Å². The number of hydrogen-bond donors (Lipinski definition) is 2. The van der Waals surface area contributed by atoms with Gasteiger partial charge in [-0.1, -0.05) is 30.3 Å². The minimum Gasteiger partial charge on any atom is -0.466 e. The van der Waals surface area contributed by atoms with Crippen LogP contribution in [0.5, 0.6) is 0 Å². The number of rotatable bonds is 7. The molecule has 1 aromatic carbocycles. The minimum absolute atomic E-state index is 0.180. The SMILES string of the molecule is CCOC(=O)CC(NC(=O)OCc1ccccc1)C1CCNCC1. The molecule has 24 heavy (non-hydrogen) atoms. The fourth-order valence-corrected chi connectivity index (χ4v) is 2.90. The Labute approximate surface area is 142 Å². The van der Waals surface area contributed by atoms with E-state index in [1.165, 1.54) is 0 Å². The van der Waals surface area contributed by atoms with E-state index in [1.807, 2.05) is 30.3 Å². The first-order valence-electron chi connectivity index (χ1n) is 8.52. The smallest absolute Gasteiger partial charge is 0.407 e. The van der Waals surface area contributed by atoms with E-state index < -0.39 is 6.09 Å². The molecule has 1 atom stereocenters. The molecule has 0 radical (unpaired) electrons. The summed E-state index contributed by atoms with van der Waals surface area (Å²) in [5.41, 5.74) is 0.927. The molecule has 0 aromatic heterocycles. The van der Waals surface area contributed by atoms with E-state index >= 15 is 0 Å². The number of carbonyl (C=O) groups excluding carboxylic acids is 2. The van der Waals surface area contributed by atoms with Crippen LogP contribution in [0.2, 0.25) is 0 Å². The lowest BCUT2D eigenvalue weighted by Gasteiger charge is -2.30. The first-order chi connectivity index (χ1) is 11.7. The lowest BCUT2D eigenvalue weighted by Crippen LogP contribution is -2.45. The van der Waals surface area contributed by atoms with E-state index in [2.05, 4.69) is 10.6 Å². The van der Waals surface area contributed by atoms with Gasteiger partial charge in [-0.3, -0.25) is 4.79 Å². The van der Waals surface area contributed by atoms with Crippen LogP contribution in [-0.2, 0) is 20.9 Å². The Morgan fingerprint density at radius 2 is 1.92 bits per heavy atom. The summed E-state index contributed by atoms with van der Waals surface area (Å²) in [6.45, 7) is 4.12. The highest BCUT2D eigenvalue weighted by molar-refractivity contribution is 5.72. The van der Waals surface area contributed by atoms with Gasteiger partial charge in [-0.15, -0.1) is 0 Å². The Morgan fingerprint density at radius 3 is 2.58 bits per heavy atom. The summed E-state index contributed by atoms with van der Waals surface area (Å²) in [5.74, 6) is -0.0377. The van der Waals surface area contributed by atoms with Crippen LogP contribution >= 0.6 is 0 Å². The van der Waals surface area contributed by atoms with Gasteiger partial charge in [0.1, 0.15) is 6.61 Å². The Morgan fingerprint density at radius 1 is 1.21 bits per heavy atom. The molecule has 1 aliphatic heterocycles. The van der Waals surface area contributed by atoms with Crippen LogP contribution < -0.4 is 10.6 Å². The quantitative estimate of drug-likeness (QED) is 0.748. The van der Waals surface area contributed by atoms with Gasteiger partial charge in [0.15, 0.2) is 0 Å². The molecule has 1 unspecified atom stereocenters. The van der Waals surface area contributed by atoms with Crippen molar-refractivity contribution in [3.05, 3.63) is 35.9 Å². The average Bonchev–Trinajstić information content (AvgIpc) is 2.61. The van der Waals surface area contributed by atoms with Crippen molar-refractivity contribution in [2.45, 2.75) is 38.8 Å². The summed E-state index contributed by atoms with van der Waals surface area (Å²) < 4.78 is 10.3. The Hall–Kier alpha value is -2.08. The fraction of sp³-hybridized carbons (Fsp3) is 0.556. The molecule has 0 saturated carbocycles. The summed E-state index contributed by atoms with van der Waals surface area (Å²) in [6.07, 6.45) is 1.53. The van der Waals surface area contributed by atoms with E-state index in [0.29, 0.717) is 6.61 Å². The second-order valence-corrected chi connectivity index (χ2v) is 5.91. The van der Waals surface area contributed by atoms with Crippen LogP contribution in [0.4, 0.5) is 4.79 Å². The Balaban J connectivity index is 1.87. The predicted octanol–water partition coefficient (Wildman–Crippen LogP) is 2.23. The highest BCUT2D eigenvalue weighted by Gasteiger charge is 2.28. The van der Waals surface area contributed by atoms with E-state index in [1.54, 1.807) is 6.92 Å². The number of ether oxygens (including phenoxy) is 2. The molecule has 2 N–H and O–H groups in total. The number of amides is 1. The van der Waals surface area contributed by atoms with E-state index in [0.717, 1.165) is 31.5 Å². The molecule has 0 spiro atoms. The van der Waals surface area contributed by atoms with Crippen molar-refractivity contribution in [2.24, 2.45) is 5.92 Å².